The van der Waals surface area contributed by atoms with Crippen molar-refractivity contribution < 1.29 is 4.74 Å². The van der Waals surface area contributed by atoms with Gasteiger partial charge in [0.15, 0.2) is 0 Å². The molecule has 1 heterocycles. The first kappa shape index (κ1) is 10.8. The van der Waals surface area contributed by atoms with Gasteiger partial charge < -0.3 is 10.1 Å². The summed E-state index contributed by atoms with van der Waals surface area (Å²) in [6.45, 7) is 5.43. The molecule has 1 aliphatic rings. The first-order chi connectivity index (χ1) is 6.08. The molecule has 0 radical (unpaired) electrons. The van der Waals surface area contributed by atoms with E-state index >= 15 is 0 Å². The minimum absolute atomic E-state index is 0.476. The van der Waals surface area contributed by atoms with Gasteiger partial charge in [-0.05, 0) is 0 Å². The van der Waals surface area contributed by atoms with Crippen molar-refractivity contribution in [1.82, 2.24) is 10.2 Å². The molecule has 0 aromatic heterocycles. The van der Waals surface area contributed by atoms with E-state index in [0.717, 1.165) is 32.7 Å². The largest absolute Gasteiger partial charge is 0.334 e. The molecule has 1 aliphatic heterocycles. The molecule has 1 saturated heterocycles. The zero-order valence-corrected chi connectivity index (χ0v) is 7.83. The molecule has 0 atom stereocenters. The van der Waals surface area contributed by atoms with Crippen LogP contribution in [0.2, 0.25) is 0 Å². The van der Waals surface area contributed by atoms with E-state index in [0.29, 0.717) is 6.61 Å². The van der Waals surface area contributed by atoms with Crippen LogP contribution in [0.5, 0.6) is 0 Å². The minimum Gasteiger partial charge on any atom is -0.334 e. The Bertz CT molecular complexity index is 140. The van der Waals surface area contributed by atoms with Crippen LogP contribution in [0.4, 0.5) is 0 Å². The summed E-state index contributed by atoms with van der Waals surface area (Å²) >= 11 is 0. The fraction of sp³-hybridized carbons (Fsp3) is 1.00. The summed E-state index contributed by atoms with van der Waals surface area (Å²) in [5.41, 5.74) is 15.8. The van der Waals surface area contributed by atoms with E-state index in [1.54, 1.807) is 0 Å². The molecular weight excluding hydrogens is 170 g/mol. The van der Waals surface area contributed by atoms with Gasteiger partial charge in [0.05, 0.1) is 6.61 Å². The van der Waals surface area contributed by atoms with Gasteiger partial charge in [-0.3, -0.25) is 22.1 Å². The second kappa shape index (κ2) is 4.85. The van der Waals surface area contributed by atoms with Crippen LogP contribution in [0.3, 0.4) is 0 Å². The van der Waals surface area contributed by atoms with Gasteiger partial charge in [-0.1, -0.05) is 0 Å². The van der Waals surface area contributed by atoms with Crippen LogP contribution in [0.1, 0.15) is 0 Å². The smallest absolute Gasteiger partial charge is 0.227 e. The molecular formula is C7H19N5O. The highest BCUT2D eigenvalue weighted by Gasteiger charge is 2.13. The van der Waals surface area contributed by atoms with E-state index in [1.165, 1.54) is 0 Å². The van der Waals surface area contributed by atoms with Gasteiger partial charge in [0.1, 0.15) is 0 Å². The van der Waals surface area contributed by atoms with Gasteiger partial charge in [0.2, 0.25) is 5.97 Å². The molecule has 1 fully saturated rings. The third kappa shape index (κ3) is 5.14. The Morgan fingerprint density at radius 2 is 1.85 bits per heavy atom. The molecule has 13 heavy (non-hydrogen) atoms. The van der Waals surface area contributed by atoms with Gasteiger partial charge in [-0.2, -0.15) is 0 Å². The quantitative estimate of drug-likeness (QED) is 0.362. The number of rotatable bonds is 4. The first-order valence-corrected chi connectivity index (χ1v) is 4.51. The molecule has 1 rings (SSSR count). The maximum atomic E-state index is 5.25. The van der Waals surface area contributed by atoms with Crippen molar-refractivity contribution in [3.63, 3.8) is 0 Å². The standard InChI is InChI=1S/C7H19N5O/c8-7(9,10)13-6-5-12-3-1-11-2-4-12/h11H,1-6,8-10H2. The van der Waals surface area contributed by atoms with Crippen molar-refractivity contribution in [2.75, 3.05) is 39.3 Å². The SMILES string of the molecule is NC(N)(N)OCCN1CCNCC1. The molecule has 6 nitrogen and oxygen atoms in total. The maximum Gasteiger partial charge on any atom is 0.227 e. The fourth-order valence-corrected chi connectivity index (χ4v) is 1.29. The summed E-state index contributed by atoms with van der Waals surface area (Å²) in [5, 5.41) is 3.26. The van der Waals surface area contributed by atoms with Crippen molar-refractivity contribution in [3.05, 3.63) is 0 Å². The van der Waals surface area contributed by atoms with E-state index in [9.17, 15) is 0 Å². The molecule has 0 aromatic rings. The third-order valence-electron chi connectivity index (χ3n) is 1.97. The van der Waals surface area contributed by atoms with Gasteiger partial charge in [-0.15, -0.1) is 0 Å². The van der Waals surface area contributed by atoms with E-state index in [4.69, 9.17) is 21.9 Å². The summed E-state index contributed by atoms with van der Waals surface area (Å²) in [5.74, 6) is -1.49. The van der Waals surface area contributed by atoms with Crippen LogP contribution < -0.4 is 22.5 Å². The highest BCUT2D eigenvalue weighted by molar-refractivity contribution is 4.67. The Labute approximate surface area is 78.4 Å². The fourth-order valence-electron chi connectivity index (χ4n) is 1.29. The lowest BCUT2D eigenvalue weighted by Crippen LogP contribution is -2.60. The number of nitrogens with two attached hydrogens (primary N) is 3. The van der Waals surface area contributed by atoms with Gasteiger partial charge in [0, 0.05) is 32.7 Å². The number of ether oxygens (including phenoxy) is 1. The van der Waals surface area contributed by atoms with Crippen molar-refractivity contribution >= 4 is 0 Å². The second-order valence-corrected chi connectivity index (χ2v) is 3.29. The topological polar surface area (TPSA) is 103 Å². The minimum atomic E-state index is -1.49. The average Bonchev–Trinajstić information content (AvgIpc) is 2.04. The molecule has 0 unspecified atom stereocenters. The van der Waals surface area contributed by atoms with Crippen LogP contribution in [0, 0.1) is 0 Å². The van der Waals surface area contributed by atoms with Crippen LogP contribution in [-0.4, -0.2) is 50.2 Å². The Hall–Kier alpha value is -0.240. The Balaban J connectivity index is 2.04. The molecule has 7 N–H and O–H groups in total. The van der Waals surface area contributed by atoms with Crippen molar-refractivity contribution in [3.8, 4) is 0 Å². The predicted molar refractivity (Wildman–Crippen MR) is 50.6 cm³/mol. The van der Waals surface area contributed by atoms with E-state index < -0.39 is 5.97 Å². The Morgan fingerprint density at radius 1 is 1.23 bits per heavy atom. The summed E-state index contributed by atoms with van der Waals surface area (Å²) < 4.78 is 5.00. The zero-order chi connectivity index (χ0) is 9.73. The van der Waals surface area contributed by atoms with Crippen molar-refractivity contribution in [2.24, 2.45) is 17.2 Å². The number of piperazine rings is 1. The van der Waals surface area contributed by atoms with Gasteiger partial charge >= 0.3 is 0 Å². The van der Waals surface area contributed by atoms with Crippen LogP contribution in [0.15, 0.2) is 0 Å². The summed E-state index contributed by atoms with van der Waals surface area (Å²) in [4.78, 5) is 2.28. The third-order valence-corrected chi connectivity index (χ3v) is 1.97. The monoisotopic (exact) mass is 189 g/mol. The van der Waals surface area contributed by atoms with Crippen molar-refractivity contribution in [2.45, 2.75) is 5.97 Å². The lowest BCUT2D eigenvalue weighted by Gasteiger charge is -2.28. The first-order valence-electron chi connectivity index (χ1n) is 4.51. The molecule has 0 amide bonds. The highest BCUT2D eigenvalue weighted by atomic mass is 16.5. The molecule has 0 spiro atoms. The second-order valence-electron chi connectivity index (χ2n) is 3.29. The maximum absolute atomic E-state index is 5.25. The number of nitrogens with zero attached hydrogens (tertiary/aromatic N) is 1. The van der Waals surface area contributed by atoms with Crippen LogP contribution in [0.25, 0.3) is 0 Å². The molecule has 0 saturated carbocycles. The molecule has 78 valence electrons. The zero-order valence-electron chi connectivity index (χ0n) is 7.83. The van der Waals surface area contributed by atoms with Crippen molar-refractivity contribution in [1.29, 1.82) is 0 Å². The number of hydrogen-bond acceptors (Lipinski definition) is 6. The molecule has 0 bridgehead atoms. The predicted octanol–water partition coefficient (Wildman–Crippen LogP) is -2.60. The number of nitrogens with one attached hydrogen (secondary N) is 1. The molecule has 6 heteroatoms. The van der Waals surface area contributed by atoms with Gasteiger partial charge in [-0.25, -0.2) is 0 Å². The van der Waals surface area contributed by atoms with E-state index in [2.05, 4.69) is 10.2 Å². The lowest BCUT2D eigenvalue weighted by atomic mass is 10.4. The Kier molecular flexibility index (Phi) is 4.04. The summed E-state index contributed by atoms with van der Waals surface area (Å²) in [7, 11) is 0. The number of hydrogen-bond donors (Lipinski definition) is 4. The van der Waals surface area contributed by atoms with E-state index in [-0.39, 0.29) is 0 Å². The van der Waals surface area contributed by atoms with E-state index in [1.807, 2.05) is 0 Å². The lowest BCUT2D eigenvalue weighted by molar-refractivity contribution is -0.0406. The van der Waals surface area contributed by atoms with Crippen LogP contribution in [-0.2, 0) is 4.74 Å². The summed E-state index contributed by atoms with van der Waals surface area (Å²) in [6, 6.07) is 0. The van der Waals surface area contributed by atoms with Gasteiger partial charge in [0.25, 0.3) is 0 Å². The summed E-state index contributed by atoms with van der Waals surface area (Å²) in [6.07, 6.45) is 0. The molecule has 0 aliphatic carbocycles. The average molecular weight is 189 g/mol. The normalized spacial score (nSPS) is 20.5. The molecule has 0 aromatic carbocycles. The Morgan fingerprint density at radius 3 is 2.38 bits per heavy atom. The van der Waals surface area contributed by atoms with Crippen LogP contribution >= 0.6 is 0 Å². The highest BCUT2D eigenvalue weighted by Crippen LogP contribution is 1.92.